The fourth-order valence-corrected chi connectivity index (χ4v) is 7.11. The van der Waals surface area contributed by atoms with E-state index in [0.29, 0.717) is 0 Å². The monoisotopic (exact) mass is 332 g/mol. The fraction of sp³-hybridized carbons (Fsp3) is 0. The average molecular weight is 335 g/mol. The molecule has 0 saturated heterocycles. The lowest BCUT2D eigenvalue weighted by atomic mass is 13.8. The maximum Gasteiger partial charge on any atom is 0.209 e. The van der Waals surface area contributed by atoms with Crippen LogP contribution >= 0.6 is 88.8 Å². The Labute approximate surface area is 96.6 Å². The van der Waals surface area contributed by atoms with Gasteiger partial charge in [0.2, 0.25) is 7.58 Å². The van der Waals surface area contributed by atoms with Gasteiger partial charge in [-0.15, -0.1) is 3.96 Å². The molecule has 1 unspecified atom stereocenters. The minimum Gasteiger partial charge on any atom is -0.219 e. The van der Waals surface area contributed by atoms with Gasteiger partial charge in [0.1, 0.15) is 6.42 Å². The average Bonchev–Trinajstić information content (AvgIpc) is 1.84. The first-order valence-corrected chi connectivity index (χ1v) is 10.9. The zero-order chi connectivity index (χ0) is 9.02. The summed E-state index contributed by atoms with van der Waals surface area (Å²) >= 11 is 32.8. The first kappa shape index (κ1) is 13.8. The van der Waals surface area contributed by atoms with Gasteiger partial charge in [0.25, 0.3) is 0 Å². The first-order chi connectivity index (χ1) is 4.95. The molecule has 0 aromatic carbocycles. The molecule has 0 N–H and O–H groups in total. The molecule has 11 heavy (non-hydrogen) atoms. The van der Waals surface area contributed by atoms with Crippen molar-refractivity contribution in [2.75, 3.05) is 0 Å². The van der Waals surface area contributed by atoms with Gasteiger partial charge in [-0.25, -0.2) is 4.52 Å². The van der Waals surface area contributed by atoms with Crippen molar-refractivity contribution in [3.05, 3.63) is 0 Å². The molecule has 68 valence electrons. The van der Waals surface area contributed by atoms with E-state index in [0.717, 1.165) is 3.96 Å². The Morgan fingerprint density at radius 3 is 1.91 bits per heavy atom. The lowest BCUT2D eigenvalue weighted by Crippen LogP contribution is -1.83. The zero-order valence-electron chi connectivity index (χ0n) is 4.56. The van der Waals surface area contributed by atoms with Gasteiger partial charge in [-0.3, -0.25) is 0 Å². The van der Waals surface area contributed by atoms with Gasteiger partial charge in [0.15, 0.2) is 6.78 Å². The minimum absolute atomic E-state index is 1.02. The van der Waals surface area contributed by atoms with E-state index in [2.05, 4.69) is 4.52 Å². The van der Waals surface area contributed by atoms with Crippen LogP contribution in [0.25, 0.3) is 0 Å². The maximum absolute atomic E-state index is 5.62. The van der Waals surface area contributed by atoms with Crippen LogP contribution in [0.1, 0.15) is 0 Å². The Kier molecular flexibility index (Phi) is 8.94. The van der Waals surface area contributed by atoms with Crippen molar-refractivity contribution < 1.29 is 0 Å². The summed E-state index contributed by atoms with van der Waals surface area (Å²) in [5, 5.41) is 0. The number of hydrogen-bond acceptors (Lipinski definition) is 2. The third-order valence-electron chi connectivity index (χ3n) is 0.419. The Morgan fingerprint density at radius 2 is 1.64 bits per heavy atom. The molecule has 0 saturated carbocycles. The normalized spacial score (nSPS) is 14.6. The number of halogens is 6. The molecule has 0 aliphatic rings. The number of hydrogen-bond donors (Lipinski definition) is 0. The summed E-state index contributed by atoms with van der Waals surface area (Å²) in [6.45, 7) is -1.49. The van der Waals surface area contributed by atoms with Crippen molar-refractivity contribution in [2.24, 2.45) is 4.52 Å². The highest BCUT2D eigenvalue weighted by molar-refractivity contribution is 8.09. The molecular weight excluding hydrogens is 334 g/mol. The van der Waals surface area contributed by atoms with Crippen LogP contribution in [0, 0.1) is 0 Å². The molecule has 0 fully saturated rings. The van der Waals surface area contributed by atoms with E-state index in [9.17, 15) is 0 Å². The molecule has 1 atom stereocenters. The standard InChI is InChI=1S/Cl6HN2P3/c1-8(10(4)5)11(6)7-9(2)3/h9H. The molecule has 0 rings (SSSR count). The van der Waals surface area contributed by atoms with E-state index in [1.807, 2.05) is 0 Å². The third kappa shape index (κ3) is 6.81. The van der Waals surface area contributed by atoms with E-state index < -0.39 is 20.8 Å². The molecule has 0 radical (unpaired) electrons. The van der Waals surface area contributed by atoms with Crippen molar-refractivity contribution in [1.29, 1.82) is 0 Å². The smallest absolute Gasteiger partial charge is 0.209 e. The topological polar surface area (TPSA) is 15.6 Å². The van der Waals surface area contributed by atoms with E-state index in [-0.39, 0.29) is 0 Å². The van der Waals surface area contributed by atoms with Crippen LogP contribution in [0.15, 0.2) is 4.52 Å². The van der Waals surface area contributed by atoms with Gasteiger partial charge in [-0.2, -0.15) is 0 Å². The summed E-state index contributed by atoms with van der Waals surface area (Å²) in [6.07, 6.45) is -1.78. The molecule has 2 nitrogen and oxygen atoms in total. The molecule has 0 aromatic rings. The fourth-order valence-electron chi connectivity index (χ4n) is 0.155. The van der Waals surface area contributed by atoms with Gasteiger partial charge >= 0.3 is 0 Å². The van der Waals surface area contributed by atoms with Gasteiger partial charge in [0.05, 0.1) is 0 Å². The second kappa shape index (κ2) is 7.13. The Balaban J connectivity index is 4.03. The largest absolute Gasteiger partial charge is 0.219 e. The van der Waals surface area contributed by atoms with Crippen LogP contribution in [0.3, 0.4) is 0 Å². The van der Waals surface area contributed by atoms with Crippen molar-refractivity contribution in [3.8, 4) is 0 Å². The summed E-state index contributed by atoms with van der Waals surface area (Å²) in [5.74, 6) is 0. The number of nitrogens with zero attached hydrogens (tertiary/aromatic N) is 2. The van der Waals surface area contributed by atoms with E-state index in [1.54, 1.807) is 0 Å². The summed E-state index contributed by atoms with van der Waals surface area (Å²) in [6, 6.07) is 0. The van der Waals surface area contributed by atoms with Gasteiger partial charge in [0, 0.05) is 0 Å². The molecular formula is HCl6N2P3. The molecule has 11 heteroatoms. The van der Waals surface area contributed by atoms with Crippen LogP contribution in [-0.2, 0) is 0 Å². The minimum atomic E-state index is -1.78. The highest BCUT2D eigenvalue weighted by Gasteiger charge is 2.20. The predicted molar refractivity (Wildman–Crippen MR) is 61.5 cm³/mol. The second-order valence-electron chi connectivity index (χ2n) is 1.04. The predicted octanol–water partition coefficient (Wildman–Crippen LogP) is 6.32. The molecule has 0 spiro atoms. The van der Waals surface area contributed by atoms with Gasteiger partial charge in [-0.1, -0.05) is 45.0 Å². The van der Waals surface area contributed by atoms with Crippen LogP contribution in [-0.4, -0.2) is 3.96 Å². The van der Waals surface area contributed by atoms with E-state index in [1.165, 1.54) is 0 Å². The van der Waals surface area contributed by atoms with Crippen molar-refractivity contribution >= 4 is 88.8 Å². The number of rotatable bonds is 3. The van der Waals surface area contributed by atoms with E-state index >= 15 is 0 Å². The third-order valence-corrected chi connectivity index (χ3v) is 9.18. The quantitative estimate of drug-likeness (QED) is 0.435. The highest BCUT2D eigenvalue weighted by atomic mass is 35.9. The van der Waals surface area contributed by atoms with E-state index in [4.69, 9.17) is 68.0 Å². The summed E-state index contributed by atoms with van der Waals surface area (Å²) in [7, 11) is -1.48. The van der Waals surface area contributed by atoms with Crippen LogP contribution in [0.4, 0.5) is 0 Å². The highest BCUT2D eigenvalue weighted by Crippen LogP contribution is 2.69. The van der Waals surface area contributed by atoms with Crippen LogP contribution in [0.2, 0.25) is 0 Å². The Bertz CT molecular complexity index is 143. The Hall–Kier alpha value is 2.79. The van der Waals surface area contributed by atoms with Crippen LogP contribution in [0.5, 0.6) is 0 Å². The first-order valence-electron chi connectivity index (χ1n) is 1.88. The van der Waals surface area contributed by atoms with Gasteiger partial charge in [-0.05, 0) is 23.0 Å². The zero-order valence-corrected chi connectivity index (χ0v) is 11.9. The Morgan fingerprint density at radius 1 is 1.18 bits per heavy atom. The molecule has 0 aromatic heterocycles. The van der Waals surface area contributed by atoms with Crippen molar-refractivity contribution in [1.82, 2.24) is 3.96 Å². The molecule has 0 heterocycles. The molecule has 0 bridgehead atoms. The summed E-state index contributed by atoms with van der Waals surface area (Å²) in [4.78, 5) is 0. The molecule has 0 aliphatic carbocycles. The van der Waals surface area contributed by atoms with Crippen molar-refractivity contribution in [3.63, 3.8) is 0 Å². The maximum atomic E-state index is 5.62. The summed E-state index contributed by atoms with van der Waals surface area (Å²) < 4.78 is 4.72. The van der Waals surface area contributed by atoms with Crippen LogP contribution < -0.4 is 0 Å². The SMILES string of the molecule is ClN(P(Cl)Cl)P(Cl)N=[PH](Cl)Cl. The van der Waals surface area contributed by atoms with Crippen molar-refractivity contribution in [2.45, 2.75) is 0 Å². The van der Waals surface area contributed by atoms with Gasteiger partial charge < -0.3 is 0 Å². The molecule has 0 aliphatic heterocycles. The molecule has 0 amide bonds. The summed E-state index contributed by atoms with van der Waals surface area (Å²) in [5.41, 5.74) is 0. The second-order valence-corrected chi connectivity index (χ2v) is 11.2. The lowest BCUT2D eigenvalue weighted by Gasteiger charge is -2.14. The lowest BCUT2D eigenvalue weighted by molar-refractivity contribution is 1.22.